The van der Waals surface area contributed by atoms with Crippen LogP contribution in [0.25, 0.3) is 22.0 Å². The highest BCUT2D eigenvalue weighted by Gasteiger charge is 2.08. The Morgan fingerprint density at radius 1 is 1.21 bits per heavy atom. The molecule has 0 bridgehead atoms. The van der Waals surface area contributed by atoms with Crippen molar-refractivity contribution in [1.29, 1.82) is 0 Å². The van der Waals surface area contributed by atoms with Crippen molar-refractivity contribution in [2.75, 3.05) is 0 Å². The minimum atomic E-state index is 0.647. The number of oxazole rings is 1. The largest absolute Gasteiger partial charge is 0.434 e. The molecule has 3 aromatic heterocycles. The summed E-state index contributed by atoms with van der Waals surface area (Å²) in [7, 11) is 0. The molecule has 14 heavy (non-hydrogen) atoms. The molecule has 0 spiro atoms. The van der Waals surface area contributed by atoms with E-state index in [1.165, 1.54) is 0 Å². The lowest BCUT2D eigenvalue weighted by molar-refractivity contribution is 0.621. The minimum Gasteiger partial charge on any atom is -0.434 e. The van der Waals surface area contributed by atoms with Gasteiger partial charge < -0.3 is 4.42 Å². The Labute approximate surface area is 84.0 Å². The van der Waals surface area contributed by atoms with E-state index in [0.717, 1.165) is 10.5 Å². The zero-order chi connectivity index (χ0) is 9.38. The Hall–Kier alpha value is -1.68. The van der Waals surface area contributed by atoms with Gasteiger partial charge in [-0.3, -0.25) is 0 Å². The van der Waals surface area contributed by atoms with Gasteiger partial charge in [0.05, 0.1) is 4.88 Å². The summed E-state index contributed by atoms with van der Waals surface area (Å²) in [6.45, 7) is 0. The highest BCUT2D eigenvalue weighted by Crippen LogP contribution is 2.26. The number of hydrogen-bond acceptors (Lipinski definition) is 4. The first-order valence-corrected chi connectivity index (χ1v) is 5.07. The Balaban J connectivity index is 2.24. The van der Waals surface area contributed by atoms with E-state index < -0.39 is 0 Å². The summed E-state index contributed by atoms with van der Waals surface area (Å²) in [6.07, 6.45) is 1.71. The molecule has 3 aromatic rings. The van der Waals surface area contributed by atoms with Crippen LogP contribution in [0.4, 0.5) is 0 Å². The highest BCUT2D eigenvalue weighted by atomic mass is 32.1. The fraction of sp³-hybridized carbons (Fsp3) is 0. The molecular formula is C10H6N2OS. The van der Waals surface area contributed by atoms with Crippen molar-refractivity contribution in [3.05, 3.63) is 35.8 Å². The Bertz CT molecular complexity index is 523. The van der Waals surface area contributed by atoms with E-state index >= 15 is 0 Å². The van der Waals surface area contributed by atoms with E-state index in [1.807, 2.05) is 29.6 Å². The summed E-state index contributed by atoms with van der Waals surface area (Å²) >= 11 is 1.61. The SMILES string of the molecule is c1csc(-c2nc3ncccc3o2)c1. The Kier molecular flexibility index (Phi) is 1.61. The lowest BCUT2D eigenvalue weighted by atomic mass is 10.5. The third-order valence-electron chi connectivity index (χ3n) is 1.90. The monoisotopic (exact) mass is 202 g/mol. The smallest absolute Gasteiger partial charge is 0.239 e. The van der Waals surface area contributed by atoms with Crippen LogP contribution in [0, 0.1) is 0 Å². The van der Waals surface area contributed by atoms with Gasteiger partial charge in [0.25, 0.3) is 0 Å². The van der Waals surface area contributed by atoms with Crippen LogP contribution in [-0.4, -0.2) is 9.97 Å². The van der Waals surface area contributed by atoms with Gasteiger partial charge in [0.2, 0.25) is 5.89 Å². The maximum Gasteiger partial charge on any atom is 0.239 e. The maximum atomic E-state index is 5.55. The van der Waals surface area contributed by atoms with Crippen molar-refractivity contribution < 1.29 is 4.42 Å². The van der Waals surface area contributed by atoms with E-state index in [0.29, 0.717) is 11.5 Å². The first-order chi connectivity index (χ1) is 6.93. The molecule has 0 fully saturated rings. The van der Waals surface area contributed by atoms with Crippen LogP contribution in [0.3, 0.4) is 0 Å². The number of rotatable bonds is 1. The van der Waals surface area contributed by atoms with Crippen LogP contribution in [0.1, 0.15) is 0 Å². The average Bonchev–Trinajstić information content (AvgIpc) is 2.86. The number of thiophene rings is 1. The zero-order valence-corrected chi connectivity index (χ0v) is 7.99. The summed E-state index contributed by atoms with van der Waals surface area (Å²) in [5, 5.41) is 2.00. The van der Waals surface area contributed by atoms with Crippen molar-refractivity contribution in [2.24, 2.45) is 0 Å². The quantitative estimate of drug-likeness (QED) is 0.609. The molecule has 0 N–H and O–H groups in total. The first kappa shape index (κ1) is 7.70. The van der Waals surface area contributed by atoms with Gasteiger partial charge in [0.15, 0.2) is 11.2 Å². The average molecular weight is 202 g/mol. The van der Waals surface area contributed by atoms with Gasteiger partial charge in [-0.15, -0.1) is 11.3 Å². The van der Waals surface area contributed by atoms with Gasteiger partial charge in [-0.25, -0.2) is 4.98 Å². The second-order valence-corrected chi connectivity index (χ2v) is 3.77. The molecule has 3 heterocycles. The molecule has 0 amide bonds. The molecule has 0 radical (unpaired) electrons. The predicted octanol–water partition coefficient (Wildman–Crippen LogP) is 2.95. The number of pyridine rings is 1. The van der Waals surface area contributed by atoms with E-state index in [2.05, 4.69) is 9.97 Å². The van der Waals surface area contributed by atoms with Gasteiger partial charge in [-0.1, -0.05) is 6.07 Å². The third kappa shape index (κ3) is 1.12. The van der Waals surface area contributed by atoms with Crippen LogP contribution in [-0.2, 0) is 0 Å². The molecule has 0 aliphatic rings. The molecule has 3 nitrogen and oxygen atoms in total. The molecule has 0 atom stereocenters. The molecule has 0 saturated carbocycles. The van der Waals surface area contributed by atoms with E-state index in [9.17, 15) is 0 Å². The van der Waals surface area contributed by atoms with Crippen molar-refractivity contribution in [3.8, 4) is 10.8 Å². The van der Waals surface area contributed by atoms with Crippen molar-refractivity contribution in [3.63, 3.8) is 0 Å². The Morgan fingerprint density at radius 3 is 3.00 bits per heavy atom. The van der Waals surface area contributed by atoms with Gasteiger partial charge in [-0.05, 0) is 23.6 Å². The van der Waals surface area contributed by atoms with Crippen LogP contribution in [0.15, 0.2) is 40.3 Å². The zero-order valence-electron chi connectivity index (χ0n) is 7.18. The van der Waals surface area contributed by atoms with Crippen LogP contribution in [0.5, 0.6) is 0 Å². The molecule has 0 unspecified atom stereocenters. The second kappa shape index (κ2) is 2.92. The van der Waals surface area contributed by atoms with Crippen molar-refractivity contribution >= 4 is 22.6 Å². The number of hydrogen-bond donors (Lipinski definition) is 0. The summed E-state index contributed by atoms with van der Waals surface area (Å²) in [4.78, 5) is 9.43. The van der Waals surface area contributed by atoms with Crippen LogP contribution < -0.4 is 0 Å². The summed E-state index contributed by atoms with van der Waals surface area (Å²) in [6, 6.07) is 7.66. The molecule has 0 aliphatic heterocycles. The minimum absolute atomic E-state index is 0.647. The predicted molar refractivity (Wildman–Crippen MR) is 55.1 cm³/mol. The third-order valence-corrected chi connectivity index (χ3v) is 2.75. The summed E-state index contributed by atoms with van der Waals surface area (Å²) in [5.41, 5.74) is 1.40. The van der Waals surface area contributed by atoms with Crippen LogP contribution in [0.2, 0.25) is 0 Å². The molecule has 4 heteroatoms. The fourth-order valence-electron chi connectivity index (χ4n) is 1.27. The standard InChI is InChI=1S/C10H6N2OS/c1-3-7-9(11-5-1)12-10(13-7)8-4-2-6-14-8/h1-6H. The Morgan fingerprint density at radius 2 is 2.21 bits per heavy atom. The molecule has 0 saturated heterocycles. The molecule has 68 valence electrons. The van der Waals surface area contributed by atoms with Crippen molar-refractivity contribution in [1.82, 2.24) is 9.97 Å². The van der Waals surface area contributed by atoms with Gasteiger partial charge in [0.1, 0.15) is 0 Å². The fourth-order valence-corrected chi connectivity index (χ4v) is 1.92. The van der Waals surface area contributed by atoms with Gasteiger partial charge in [-0.2, -0.15) is 4.98 Å². The second-order valence-electron chi connectivity index (χ2n) is 2.82. The molecule has 3 rings (SSSR count). The number of fused-ring (bicyclic) bond motifs is 1. The van der Waals surface area contributed by atoms with E-state index in [4.69, 9.17) is 4.42 Å². The number of nitrogens with zero attached hydrogens (tertiary/aromatic N) is 2. The van der Waals surface area contributed by atoms with Crippen molar-refractivity contribution in [2.45, 2.75) is 0 Å². The van der Waals surface area contributed by atoms with Gasteiger partial charge >= 0.3 is 0 Å². The molecular weight excluding hydrogens is 196 g/mol. The lowest BCUT2D eigenvalue weighted by Crippen LogP contribution is -1.73. The first-order valence-electron chi connectivity index (χ1n) is 4.19. The normalized spacial score (nSPS) is 10.9. The van der Waals surface area contributed by atoms with E-state index in [-0.39, 0.29) is 0 Å². The van der Waals surface area contributed by atoms with Gasteiger partial charge in [0, 0.05) is 6.20 Å². The topological polar surface area (TPSA) is 38.9 Å². The van der Waals surface area contributed by atoms with E-state index in [1.54, 1.807) is 17.5 Å². The molecule has 0 aliphatic carbocycles. The maximum absolute atomic E-state index is 5.55. The summed E-state index contributed by atoms with van der Waals surface area (Å²) in [5.74, 6) is 0.647. The highest BCUT2D eigenvalue weighted by molar-refractivity contribution is 7.13. The lowest BCUT2D eigenvalue weighted by Gasteiger charge is -1.83. The number of aromatic nitrogens is 2. The summed E-state index contributed by atoms with van der Waals surface area (Å²) < 4.78 is 5.55. The molecule has 0 aromatic carbocycles. The van der Waals surface area contributed by atoms with Crippen LogP contribution >= 0.6 is 11.3 Å².